The molecule has 1 N–H and O–H groups in total. The van der Waals surface area contributed by atoms with Crippen LogP contribution >= 0.6 is 15.9 Å². The zero-order valence-electron chi connectivity index (χ0n) is 16.1. The van der Waals surface area contributed by atoms with Crippen LogP contribution < -0.4 is 5.32 Å². The fourth-order valence-corrected chi connectivity index (χ4v) is 3.89. The smallest absolute Gasteiger partial charge is 0.308 e. The zero-order chi connectivity index (χ0) is 21.0. The van der Waals surface area contributed by atoms with Crippen molar-refractivity contribution in [1.29, 1.82) is 0 Å². The molecule has 1 fully saturated rings. The molecule has 0 unspecified atom stereocenters. The first-order valence-electron chi connectivity index (χ1n) is 9.57. The third-order valence-electron chi connectivity index (χ3n) is 5.25. The van der Waals surface area contributed by atoms with Crippen molar-refractivity contribution >= 4 is 39.6 Å². The SMILES string of the molecule is C[C@H](NC(=O)COC(=O)CCN1C(=O)[C@@H]2CC=CC[C@H]2C1=O)c1ccc(Br)cc1. The predicted octanol–water partition coefficient (Wildman–Crippen LogP) is 2.51. The number of fused-ring (bicyclic) bond motifs is 1. The van der Waals surface area contributed by atoms with Gasteiger partial charge in [0.15, 0.2) is 6.61 Å². The molecule has 1 aliphatic heterocycles. The Kier molecular flexibility index (Phi) is 6.84. The molecular formula is C21H23BrN2O5. The number of esters is 1. The molecule has 3 rings (SSSR count). The van der Waals surface area contributed by atoms with Crippen molar-refractivity contribution in [2.24, 2.45) is 11.8 Å². The number of likely N-dealkylation sites (tertiary alicyclic amines) is 1. The summed E-state index contributed by atoms with van der Waals surface area (Å²) in [5, 5.41) is 2.76. The van der Waals surface area contributed by atoms with Gasteiger partial charge in [0.05, 0.1) is 24.3 Å². The first-order chi connectivity index (χ1) is 13.9. The Hall–Kier alpha value is -2.48. The van der Waals surface area contributed by atoms with E-state index in [1.807, 2.05) is 43.3 Å². The normalized spacial score (nSPS) is 21.7. The van der Waals surface area contributed by atoms with Crippen LogP contribution in [0.5, 0.6) is 0 Å². The molecule has 3 atom stereocenters. The number of halogens is 1. The first kappa shape index (κ1) is 21.2. The van der Waals surface area contributed by atoms with Gasteiger partial charge in [0.2, 0.25) is 11.8 Å². The lowest BCUT2D eigenvalue weighted by Crippen LogP contribution is -2.34. The zero-order valence-corrected chi connectivity index (χ0v) is 17.7. The van der Waals surface area contributed by atoms with Gasteiger partial charge in [-0.15, -0.1) is 0 Å². The fourth-order valence-electron chi connectivity index (χ4n) is 3.63. The summed E-state index contributed by atoms with van der Waals surface area (Å²) in [4.78, 5) is 49.8. The van der Waals surface area contributed by atoms with E-state index in [0.29, 0.717) is 12.8 Å². The van der Waals surface area contributed by atoms with E-state index in [4.69, 9.17) is 4.74 Å². The minimum atomic E-state index is -0.620. The van der Waals surface area contributed by atoms with Crippen molar-refractivity contribution in [3.63, 3.8) is 0 Å². The fraction of sp³-hybridized carbons (Fsp3) is 0.429. The number of amides is 3. The molecule has 1 heterocycles. The highest BCUT2D eigenvalue weighted by Gasteiger charge is 2.46. The van der Waals surface area contributed by atoms with Gasteiger partial charge in [0, 0.05) is 11.0 Å². The lowest BCUT2D eigenvalue weighted by atomic mass is 9.85. The number of nitrogens with zero attached hydrogens (tertiary/aromatic N) is 1. The van der Waals surface area contributed by atoms with Gasteiger partial charge in [-0.25, -0.2) is 0 Å². The van der Waals surface area contributed by atoms with Crippen LogP contribution in [0.2, 0.25) is 0 Å². The maximum Gasteiger partial charge on any atom is 0.308 e. The topological polar surface area (TPSA) is 92.8 Å². The van der Waals surface area contributed by atoms with Crippen LogP contribution in [0.3, 0.4) is 0 Å². The number of carbonyl (C=O) groups excluding carboxylic acids is 4. The van der Waals surface area contributed by atoms with Crippen molar-refractivity contribution in [2.45, 2.75) is 32.2 Å². The van der Waals surface area contributed by atoms with Crippen molar-refractivity contribution in [1.82, 2.24) is 10.2 Å². The average molecular weight is 463 g/mol. The Morgan fingerprint density at radius 2 is 1.72 bits per heavy atom. The van der Waals surface area contributed by atoms with Crippen LogP contribution in [0.25, 0.3) is 0 Å². The highest BCUT2D eigenvalue weighted by Crippen LogP contribution is 2.35. The molecule has 2 aliphatic rings. The maximum absolute atomic E-state index is 12.4. The van der Waals surface area contributed by atoms with Gasteiger partial charge in [0.1, 0.15) is 0 Å². The molecule has 8 heteroatoms. The molecule has 154 valence electrons. The first-order valence-corrected chi connectivity index (χ1v) is 10.4. The van der Waals surface area contributed by atoms with Crippen molar-refractivity contribution < 1.29 is 23.9 Å². The van der Waals surface area contributed by atoms with Gasteiger partial charge in [-0.1, -0.05) is 40.2 Å². The largest absolute Gasteiger partial charge is 0.456 e. The molecule has 0 radical (unpaired) electrons. The molecule has 0 aromatic heterocycles. The number of ether oxygens (including phenoxy) is 1. The molecular weight excluding hydrogens is 440 g/mol. The van der Waals surface area contributed by atoms with E-state index in [2.05, 4.69) is 21.2 Å². The minimum absolute atomic E-state index is 0.0135. The molecule has 1 aromatic carbocycles. The van der Waals surface area contributed by atoms with E-state index in [9.17, 15) is 19.2 Å². The van der Waals surface area contributed by atoms with Crippen molar-refractivity contribution in [3.8, 4) is 0 Å². The summed E-state index contributed by atoms with van der Waals surface area (Å²) in [6, 6.07) is 7.30. The summed E-state index contributed by atoms with van der Waals surface area (Å²) in [6.07, 6.45) is 4.83. The quantitative estimate of drug-likeness (QED) is 0.381. The van der Waals surface area contributed by atoms with E-state index in [1.54, 1.807) is 0 Å². The number of rotatable bonds is 7. The molecule has 7 nitrogen and oxygen atoms in total. The van der Waals surface area contributed by atoms with Gasteiger partial charge in [-0.2, -0.15) is 0 Å². The van der Waals surface area contributed by atoms with Crippen LogP contribution in [-0.2, 0) is 23.9 Å². The van der Waals surface area contributed by atoms with Crippen LogP contribution in [0.4, 0.5) is 0 Å². The third-order valence-corrected chi connectivity index (χ3v) is 5.78. The van der Waals surface area contributed by atoms with Crippen LogP contribution in [0.15, 0.2) is 40.9 Å². The molecule has 1 aliphatic carbocycles. The summed E-state index contributed by atoms with van der Waals surface area (Å²) < 4.78 is 5.93. The monoisotopic (exact) mass is 462 g/mol. The predicted molar refractivity (Wildman–Crippen MR) is 108 cm³/mol. The van der Waals surface area contributed by atoms with E-state index in [0.717, 1.165) is 14.9 Å². The van der Waals surface area contributed by atoms with Crippen LogP contribution in [0.1, 0.15) is 37.8 Å². The second-order valence-electron chi connectivity index (χ2n) is 7.24. The second kappa shape index (κ2) is 9.35. The summed E-state index contributed by atoms with van der Waals surface area (Å²) in [7, 11) is 0. The standard InChI is InChI=1S/C21H23BrN2O5/c1-13(14-6-8-15(22)9-7-14)23-18(25)12-29-19(26)10-11-24-20(27)16-4-2-3-5-17(16)21(24)28/h2-3,6-9,13,16-17H,4-5,10-12H2,1H3,(H,23,25)/t13-,16+,17+/m0/s1. The number of nitrogens with one attached hydrogen (secondary N) is 1. The molecule has 1 saturated heterocycles. The van der Waals surface area contributed by atoms with Gasteiger partial charge in [0.25, 0.3) is 5.91 Å². The van der Waals surface area contributed by atoms with E-state index < -0.39 is 18.5 Å². The maximum atomic E-state index is 12.4. The Morgan fingerprint density at radius 3 is 2.31 bits per heavy atom. The van der Waals surface area contributed by atoms with Crippen molar-refractivity contribution in [2.75, 3.05) is 13.2 Å². The lowest BCUT2D eigenvalue weighted by molar-refractivity contribution is -0.150. The van der Waals surface area contributed by atoms with Gasteiger partial charge in [-0.3, -0.25) is 24.1 Å². The van der Waals surface area contributed by atoms with E-state index in [-0.39, 0.29) is 42.7 Å². The number of allylic oxidation sites excluding steroid dienone is 2. The summed E-state index contributed by atoms with van der Waals surface area (Å²) in [5.74, 6) is -2.11. The number of imide groups is 1. The lowest BCUT2D eigenvalue weighted by Gasteiger charge is -2.15. The van der Waals surface area contributed by atoms with Crippen molar-refractivity contribution in [3.05, 3.63) is 46.5 Å². The van der Waals surface area contributed by atoms with Crippen LogP contribution in [0, 0.1) is 11.8 Å². The van der Waals surface area contributed by atoms with Gasteiger partial charge < -0.3 is 10.1 Å². The molecule has 1 aromatic rings. The average Bonchev–Trinajstić information content (AvgIpc) is 2.95. The Bertz CT molecular complexity index is 810. The highest BCUT2D eigenvalue weighted by atomic mass is 79.9. The summed E-state index contributed by atoms with van der Waals surface area (Å²) in [6.45, 7) is 1.42. The summed E-state index contributed by atoms with van der Waals surface area (Å²) in [5.41, 5.74) is 0.926. The molecule has 0 saturated carbocycles. The Morgan fingerprint density at radius 1 is 1.14 bits per heavy atom. The minimum Gasteiger partial charge on any atom is -0.456 e. The molecule has 29 heavy (non-hydrogen) atoms. The molecule has 0 bridgehead atoms. The number of hydrogen-bond donors (Lipinski definition) is 1. The Balaban J connectivity index is 1.41. The second-order valence-corrected chi connectivity index (χ2v) is 8.15. The van der Waals surface area contributed by atoms with E-state index >= 15 is 0 Å². The van der Waals surface area contributed by atoms with Crippen LogP contribution in [-0.4, -0.2) is 41.7 Å². The number of hydrogen-bond acceptors (Lipinski definition) is 5. The van der Waals surface area contributed by atoms with Gasteiger partial charge >= 0.3 is 5.97 Å². The molecule has 3 amide bonds. The highest BCUT2D eigenvalue weighted by molar-refractivity contribution is 9.10. The van der Waals surface area contributed by atoms with E-state index in [1.165, 1.54) is 0 Å². The Labute approximate surface area is 177 Å². The van der Waals surface area contributed by atoms with Gasteiger partial charge in [-0.05, 0) is 37.5 Å². The molecule has 0 spiro atoms. The third kappa shape index (κ3) is 5.12. The summed E-state index contributed by atoms with van der Waals surface area (Å²) >= 11 is 3.36. The number of carbonyl (C=O) groups is 4. The number of benzene rings is 1.